The van der Waals surface area contributed by atoms with Crippen molar-refractivity contribution in [1.29, 1.82) is 0 Å². The number of unbranched alkanes of at least 4 members (excludes halogenated alkanes) is 1. The van der Waals surface area contributed by atoms with Crippen molar-refractivity contribution in [3.8, 4) is 16.9 Å². The van der Waals surface area contributed by atoms with E-state index in [0.717, 1.165) is 79.3 Å². The number of imidazole rings is 1. The van der Waals surface area contributed by atoms with Crippen LogP contribution < -0.4 is 15.0 Å². The van der Waals surface area contributed by atoms with E-state index < -0.39 is 11.2 Å². The predicted molar refractivity (Wildman–Crippen MR) is 196 cm³/mol. The number of nitrogens with zero attached hydrogens (tertiary/aromatic N) is 3. The van der Waals surface area contributed by atoms with Crippen molar-refractivity contribution in [2.75, 3.05) is 43.1 Å². The fraction of sp³-hybridized carbons (Fsp3) is 0.385. The number of hydrogen-bond acceptors (Lipinski definition) is 6. The maximum Gasteiger partial charge on any atom is 0.248 e. The minimum Gasteiger partial charge on any atom is -0.611 e. The molecular formula is C39H48N4O4S. The van der Waals surface area contributed by atoms with Gasteiger partial charge in [0.05, 0.1) is 24.8 Å². The second-order valence-electron chi connectivity index (χ2n) is 12.1. The molecule has 9 heteroatoms. The highest BCUT2D eigenvalue weighted by molar-refractivity contribution is 7.90. The molecule has 0 spiro atoms. The van der Waals surface area contributed by atoms with Crippen LogP contribution in [0.15, 0.2) is 90.2 Å². The molecule has 0 saturated carbocycles. The van der Waals surface area contributed by atoms with E-state index in [4.69, 9.17) is 9.47 Å². The Labute approximate surface area is 288 Å². The fourth-order valence-electron chi connectivity index (χ4n) is 5.77. The van der Waals surface area contributed by atoms with Crippen molar-refractivity contribution in [2.45, 2.75) is 69.6 Å². The topological polar surface area (TPSA) is 91.7 Å². The number of carbonyl (C=O) groups excluding carboxylic acids is 1. The molecule has 3 aromatic carbocycles. The first-order valence-corrected chi connectivity index (χ1v) is 18.5. The third-order valence-corrected chi connectivity index (χ3v) is 9.75. The molecule has 0 unspecified atom stereocenters. The summed E-state index contributed by atoms with van der Waals surface area (Å²) < 4.78 is 26.5. The van der Waals surface area contributed by atoms with Crippen LogP contribution in [-0.2, 0) is 33.0 Å². The lowest BCUT2D eigenvalue weighted by Gasteiger charge is -2.30. The quantitative estimate of drug-likeness (QED) is 0.0695. The Morgan fingerprint density at radius 2 is 1.71 bits per heavy atom. The summed E-state index contributed by atoms with van der Waals surface area (Å²) in [5.41, 5.74) is 5.90. The average Bonchev–Trinajstić information content (AvgIpc) is 3.56. The zero-order valence-corrected chi connectivity index (χ0v) is 29.1. The Kier molecular flexibility index (Phi) is 13.6. The van der Waals surface area contributed by atoms with Crippen LogP contribution >= 0.6 is 0 Å². The monoisotopic (exact) mass is 668 g/mol. The Hall–Kier alpha value is -4.05. The van der Waals surface area contributed by atoms with Crippen LogP contribution in [0, 0.1) is 0 Å². The van der Waals surface area contributed by atoms with Gasteiger partial charge < -0.3 is 28.8 Å². The van der Waals surface area contributed by atoms with E-state index in [1.165, 1.54) is 19.3 Å². The highest BCUT2D eigenvalue weighted by Gasteiger charge is 2.17. The number of anilines is 2. The predicted octanol–water partition coefficient (Wildman–Crippen LogP) is 8.11. The maximum absolute atomic E-state index is 13.1. The van der Waals surface area contributed by atoms with E-state index in [0.29, 0.717) is 29.5 Å². The van der Waals surface area contributed by atoms with Crippen LogP contribution in [0.25, 0.3) is 17.2 Å². The number of aryl methyl sites for hydroxylation is 1. The van der Waals surface area contributed by atoms with Crippen LogP contribution in [0.5, 0.6) is 5.75 Å². The Bertz CT molecular complexity index is 1600. The van der Waals surface area contributed by atoms with E-state index in [9.17, 15) is 9.35 Å². The molecule has 1 aromatic heterocycles. The summed E-state index contributed by atoms with van der Waals surface area (Å²) in [7, 11) is 0. The Balaban J connectivity index is 1.23. The highest BCUT2D eigenvalue weighted by atomic mass is 32.2. The lowest BCUT2D eigenvalue weighted by Crippen LogP contribution is -2.29. The third-order valence-electron chi connectivity index (χ3n) is 8.39. The zero-order chi connectivity index (χ0) is 33.6. The molecule has 0 aliphatic carbocycles. The largest absolute Gasteiger partial charge is 0.611 e. The summed E-state index contributed by atoms with van der Waals surface area (Å²) >= 11 is -1.21. The van der Waals surface area contributed by atoms with E-state index in [-0.39, 0.29) is 5.91 Å². The molecule has 2 heterocycles. The second-order valence-corrected chi connectivity index (χ2v) is 13.5. The molecule has 1 amide bonds. The van der Waals surface area contributed by atoms with Gasteiger partial charge in [-0.25, -0.2) is 4.98 Å². The summed E-state index contributed by atoms with van der Waals surface area (Å²) in [4.78, 5) is 20.4. The van der Waals surface area contributed by atoms with E-state index in [1.807, 2.05) is 34.9 Å². The number of ether oxygens (including phenoxy) is 2. The van der Waals surface area contributed by atoms with Gasteiger partial charge in [-0.15, -0.1) is 0 Å². The molecular weight excluding hydrogens is 621 g/mol. The molecule has 1 atom stereocenters. The number of aromatic nitrogens is 2. The van der Waals surface area contributed by atoms with Gasteiger partial charge in [0.15, 0.2) is 10.6 Å². The van der Waals surface area contributed by atoms with Gasteiger partial charge in [0.1, 0.15) is 12.4 Å². The number of carbonyl (C=O) groups is 1. The molecule has 5 rings (SSSR count). The van der Waals surface area contributed by atoms with Gasteiger partial charge in [-0.1, -0.05) is 38.5 Å². The van der Waals surface area contributed by atoms with Crippen LogP contribution in [-0.4, -0.2) is 52.9 Å². The van der Waals surface area contributed by atoms with E-state index in [1.54, 1.807) is 30.7 Å². The van der Waals surface area contributed by atoms with Crippen molar-refractivity contribution in [2.24, 2.45) is 0 Å². The number of nitrogens with one attached hydrogen (secondary N) is 1. The molecule has 4 aromatic rings. The zero-order valence-electron chi connectivity index (χ0n) is 28.2. The van der Waals surface area contributed by atoms with Crippen molar-refractivity contribution in [1.82, 2.24) is 9.55 Å². The highest BCUT2D eigenvalue weighted by Crippen LogP contribution is 2.31. The number of hydrogen-bond donors (Lipinski definition) is 1. The first kappa shape index (κ1) is 35.3. The van der Waals surface area contributed by atoms with Crippen LogP contribution in [0.3, 0.4) is 0 Å². The van der Waals surface area contributed by atoms with Gasteiger partial charge in [-0.3, -0.25) is 4.79 Å². The third kappa shape index (κ3) is 10.2. The minimum absolute atomic E-state index is 0.220. The lowest BCUT2D eigenvalue weighted by molar-refractivity contribution is -0.111. The SMILES string of the molecule is CCCCOCCOc1ccc(-c2ccc(N3CCCCC3)c(/C=C/C(=O)Nc3ccc([S@@+]([O-])Cc4cncn4CCC)cc3)c2)cc1. The Morgan fingerprint density at radius 3 is 2.46 bits per heavy atom. The van der Waals surface area contributed by atoms with Gasteiger partial charge in [-0.05, 0) is 115 Å². The first-order valence-electron chi connectivity index (χ1n) is 17.2. The summed E-state index contributed by atoms with van der Waals surface area (Å²) in [6.45, 7) is 9.02. The van der Waals surface area contributed by atoms with E-state index in [2.05, 4.69) is 59.4 Å². The lowest BCUT2D eigenvalue weighted by atomic mass is 9.99. The molecule has 48 heavy (non-hydrogen) atoms. The summed E-state index contributed by atoms with van der Waals surface area (Å²) in [6, 6.07) is 21.8. The normalized spacial score (nSPS) is 13.9. The van der Waals surface area contributed by atoms with Gasteiger partial charge >= 0.3 is 0 Å². The van der Waals surface area contributed by atoms with E-state index >= 15 is 0 Å². The molecule has 0 bridgehead atoms. The van der Waals surface area contributed by atoms with Crippen molar-refractivity contribution < 1.29 is 18.8 Å². The first-order chi connectivity index (χ1) is 23.5. The average molecular weight is 669 g/mol. The smallest absolute Gasteiger partial charge is 0.248 e. The standard InChI is InChI=1S/C39H48N4O4S/c1-3-5-24-46-25-26-47-36-15-9-31(10-16-36)32-11-19-38(42-22-7-6-8-23-42)33(27-32)12-20-39(44)41-34-13-17-37(18-14-34)48(45)29-35-28-40-30-43(35)21-4-2/h9-20,27-28,30H,3-8,21-26,29H2,1-2H3,(H,41,44)/b20-12+/t48-/m0/s1. The Morgan fingerprint density at radius 1 is 0.938 bits per heavy atom. The van der Waals surface area contributed by atoms with Gasteiger partial charge in [-0.2, -0.15) is 0 Å². The van der Waals surface area contributed by atoms with Crippen LogP contribution in [0.1, 0.15) is 63.6 Å². The fourth-order valence-corrected chi connectivity index (χ4v) is 6.88. The molecule has 1 N–H and O–H groups in total. The molecule has 1 saturated heterocycles. The molecule has 1 aliphatic rings. The summed E-state index contributed by atoms with van der Waals surface area (Å²) in [5, 5.41) is 2.96. The van der Waals surface area contributed by atoms with Crippen molar-refractivity contribution >= 4 is 34.5 Å². The summed E-state index contributed by atoms with van der Waals surface area (Å²) in [5.74, 6) is 1.00. The van der Waals surface area contributed by atoms with Gasteiger partial charge in [0, 0.05) is 43.7 Å². The van der Waals surface area contributed by atoms with Crippen LogP contribution in [0.4, 0.5) is 11.4 Å². The number of rotatable bonds is 17. The second kappa shape index (κ2) is 18.5. The number of benzene rings is 3. The van der Waals surface area contributed by atoms with Gasteiger partial charge in [0.25, 0.3) is 0 Å². The number of piperidine rings is 1. The molecule has 1 aliphatic heterocycles. The molecule has 1 fully saturated rings. The molecule has 8 nitrogen and oxygen atoms in total. The number of amides is 1. The molecule has 254 valence electrons. The molecule has 0 radical (unpaired) electrons. The maximum atomic E-state index is 13.1. The van der Waals surface area contributed by atoms with Crippen molar-refractivity contribution in [3.63, 3.8) is 0 Å². The summed E-state index contributed by atoms with van der Waals surface area (Å²) in [6.07, 6.45) is 13.8. The van der Waals surface area contributed by atoms with Gasteiger partial charge in [0.2, 0.25) is 5.91 Å². The van der Waals surface area contributed by atoms with Crippen molar-refractivity contribution in [3.05, 3.63) is 96.6 Å². The van der Waals surface area contributed by atoms with Crippen LogP contribution in [0.2, 0.25) is 0 Å². The minimum atomic E-state index is -1.21.